The van der Waals surface area contributed by atoms with Crippen LogP contribution in [0.25, 0.3) is 0 Å². The van der Waals surface area contributed by atoms with Crippen molar-refractivity contribution in [2.24, 2.45) is 0 Å². The Morgan fingerprint density at radius 3 is 2.14 bits per heavy atom. The summed E-state index contributed by atoms with van der Waals surface area (Å²) in [6.07, 6.45) is 3.76. The lowest BCUT2D eigenvalue weighted by Crippen LogP contribution is -2.50. The van der Waals surface area contributed by atoms with Crippen molar-refractivity contribution in [1.82, 2.24) is 9.80 Å². The summed E-state index contributed by atoms with van der Waals surface area (Å²) in [5, 5.41) is 0. The summed E-state index contributed by atoms with van der Waals surface area (Å²) in [7, 11) is -1.60. The zero-order chi connectivity index (χ0) is 15.7. The third-order valence-electron chi connectivity index (χ3n) is 4.37. The van der Waals surface area contributed by atoms with Crippen molar-refractivity contribution in [3.8, 4) is 0 Å². The first kappa shape index (κ1) is 17.0. The molecule has 0 saturated carbocycles. The first-order valence-electron chi connectivity index (χ1n) is 7.96. The molecule has 1 amide bonds. The lowest BCUT2D eigenvalue weighted by molar-refractivity contribution is 0.0148. The molecule has 21 heavy (non-hydrogen) atoms. The highest BCUT2D eigenvalue weighted by Crippen LogP contribution is 2.52. The van der Waals surface area contributed by atoms with Gasteiger partial charge in [-0.05, 0) is 33.6 Å². The topological polar surface area (TPSA) is 53.0 Å². The summed E-state index contributed by atoms with van der Waals surface area (Å²) in [5.41, 5.74) is -0.421. The molecule has 0 aromatic heterocycles. The van der Waals surface area contributed by atoms with E-state index in [2.05, 4.69) is 4.90 Å². The summed E-state index contributed by atoms with van der Waals surface area (Å²) in [6.45, 7) is 11.3. The van der Waals surface area contributed by atoms with Crippen LogP contribution >= 0.6 is 7.49 Å². The van der Waals surface area contributed by atoms with Gasteiger partial charge in [0.25, 0.3) is 0 Å². The van der Waals surface area contributed by atoms with E-state index in [1.165, 1.54) is 0 Å². The van der Waals surface area contributed by atoms with Gasteiger partial charge in [-0.3, -0.25) is 9.79 Å². The summed E-state index contributed by atoms with van der Waals surface area (Å²) in [6, 6.07) is 0.559. The second-order valence-electron chi connectivity index (χ2n) is 7.52. The highest BCUT2D eigenvalue weighted by Gasteiger charge is 2.38. The number of piperidine rings is 1. The van der Waals surface area contributed by atoms with Crippen molar-refractivity contribution in [3.05, 3.63) is 0 Å². The van der Waals surface area contributed by atoms with E-state index in [1.807, 2.05) is 32.3 Å². The molecule has 1 N–H and O–H groups in total. The lowest BCUT2D eigenvalue weighted by atomic mass is 10.0. The van der Waals surface area contributed by atoms with Crippen molar-refractivity contribution < 1.29 is 14.4 Å². The minimum Gasteiger partial charge on any atom is -0.444 e. The molecule has 2 fully saturated rings. The van der Waals surface area contributed by atoms with Gasteiger partial charge in [-0.1, -0.05) is 0 Å². The molecule has 0 radical (unpaired) electrons. The lowest BCUT2D eigenvalue weighted by Gasteiger charge is -2.41. The maximum atomic E-state index is 12.0. The Labute approximate surface area is 129 Å². The molecular formula is C15H30N2O3P+. The number of rotatable bonds is 1. The van der Waals surface area contributed by atoms with Crippen LogP contribution in [0.2, 0.25) is 0 Å². The van der Waals surface area contributed by atoms with Crippen molar-refractivity contribution in [3.63, 3.8) is 0 Å². The van der Waals surface area contributed by atoms with Crippen LogP contribution in [0.15, 0.2) is 0 Å². The van der Waals surface area contributed by atoms with Gasteiger partial charge < -0.3 is 9.64 Å². The zero-order valence-corrected chi connectivity index (χ0v) is 14.7. The smallest absolute Gasteiger partial charge is 0.410 e. The Morgan fingerprint density at radius 1 is 1.14 bits per heavy atom. The monoisotopic (exact) mass is 317 g/mol. The summed E-state index contributed by atoms with van der Waals surface area (Å²) in [4.78, 5) is 26.5. The molecule has 2 rings (SSSR count). The number of nitrogens with zero attached hydrogens (tertiary/aromatic N) is 2. The second-order valence-corrected chi connectivity index (χ2v) is 11.1. The average Bonchev–Trinajstić information content (AvgIpc) is 2.37. The van der Waals surface area contributed by atoms with E-state index in [-0.39, 0.29) is 6.09 Å². The Morgan fingerprint density at radius 2 is 1.67 bits per heavy atom. The third kappa shape index (κ3) is 5.08. The van der Waals surface area contributed by atoms with Crippen LogP contribution in [0.5, 0.6) is 0 Å². The van der Waals surface area contributed by atoms with Gasteiger partial charge >= 0.3 is 6.09 Å². The molecule has 0 aromatic rings. The van der Waals surface area contributed by atoms with Crippen LogP contribution in [0, 0.1) is 0 Å². The molecule has 0 bridgehead atoms. The highest BCUT2D eigenvalue weighted by atomic mass is 31.2. The maximum Gasteiger partial charge on any atom is 0.410 e. The van der Waals surface area contributed by atoms with Gasteiger partial charge in [0.1, 0.15) is 13.1 Å². The standard InChI is InChI=1S/C15H30N2O3P/c1-15(2,3)20-14(18)17-7-5-13(6-8-17)16-9-11-21(4,19)12-10-16/h13,19H,5-12H2,1-4H3/q+1. The number of carbonyl (C=O) groups excluding carboxylic acids is 1. The minimum atomic E-state index is -1.60. The molecule has 0 aliphatic carbocycles. The van der Waals surface area contributed by atoms with E-state index in [0.29, 0.717) is 6.04 Å². The fourth-order valence-electron chi connectivity index (χ4n) is 3.02. The molecule has 5 nitrogen and oxygen atoms in total. The van der Waals surface area contributed by atoms with Gasteiger partial charge in [-0.2, -0.15) is 0 Å². The van der Waals surface area contributed by atoms with E-state index in [4.69, 9.17) is 4.74 Å². The van der Waals surface area contributed by atoms with Crippen molar-refractivity contribution in [1.29, 1.82) is 0 Å². The van der Waals surface area contributed by atoms with Gasteiger partial charge in [0.05, 0.1) is 19.0 Å². The first-order chi connectivity index (χ1) is 9.66. The summed E-state index contributed by atoms with van der Waals surface area (Å²) < 4.78 is 5.43. The fraction of sp³-hybridized carbons (Fsp3) is 0.933. The van der Waals surface area contributed by atoms with Crippen molar-refractivity contribution >= 4 is 13.6 Å². The Hall–Kier alpha value is -0.380. The molecule has 2 aliphatic rings. The second kappa shape index (κ2) is 6.39. The predicted octanol–water partition coefficient (Wildman–Crippen LogP) is 2.26. The Kier molecular flexibility index (Phi) is 5.17. The van der Waals surface area contributed by atoms with Crippen LogP contribution in [0.1, 0.15) is 33.6 Å². The third-order valence-corrected chi connectivity index (χ3v) is 6.70. The largest absolute Gasteiger partial charge is 0.444 e. The van der Waals surface area contributed by atoms with Gasteiger partial charge in [0, 0.05) is 32.2 Å². The fourth-order valence-corrected chi connectivity index (χ4v) is 4.62. The molecule has 0 unspecified atom stereocenters. The van der Waals surface area contributed by atoms with Gasteiger partial charge in [0.15, 0.2) is 0 Å². The summed E-state index contributed by atoms with van der Waals surface area (Å²) in [5.74, 6) is 0. The van der Waals surface area contributed by atoms with Crippen LogP contribution in [-0.4, -0.2) is 77.6 Å². The highest BCUT2D eigenvalue weighted by molar-refractivity contribution is 7.69. The zero-order valence-electron chi connectivity index (χ0n) is 13.8. The minimum absolute atomic E-state index is 0.187. The van der Waals surface area contributed by atoms with Crippen molar-refractivity contribution in [2.75, 3.05) is 45.2 Å². The molecule has 0 spiro atoms. The molecular weight excluding hydrogens is 287 g/mol. The number of hydrogen-bond acceptors (Lipinski definition) is 4. The van der Waals surface area contributed by atoms with Crippen LogP contribution in [-0.2, 0) is 4.74 Å². The van der Waals surface area contributed by atoms with Crippen molar-refractivity contribution in [2.45, 2.75) is 45.3 Å². The Bertz CT molecular complexity index is 364. The number of amides is 1. The van der Waals surface area contributed by atoms with E-state index in [1.54, 1.807) is 0 Å². The number of hydrogen-bond donors (Lipinski definition) is 1. The van der Waals surface area contributed by atoms with E-state index >= 15 is 0 Å². The van der Waals surface area contributed by atoms with E-state index < -0.39 is 13.1 Å². The predicted molar refractivity (Wildman–Crippen MR) is 87.2 cm³/mol. The molecule has 2 aliphatic heterocycles. The molecule has 122 valence electrons. The van der Waals surface area contributed by atoms with Crippen LogP contribution in [0.4, 0.5) is 4.79 Å². The van der Waals surface area contributed by atoms with Crippen LogP contribution in [0.3, 0.4) is 0 Å². The van der Waals surface area contributed by atoms with Crippen LogP contribution < -0.4 is 0 Å². The Balaban J connectivity index is 1.77. The van der Waals surface area contributed by atoms with E-state index in [0.717, 1.165) is 51.3 Å². The number of ether oxygens (including phenoxy) is 1. The van der Waals surface area contributed by atoms with Gasteiger partial charge in [-0.15, -0.1) is 0 Å². The normalized spacial score (nSPS) is 24.9. The van der Waals surface area contributed by atoms with E-state index in [9.17, 15) is 9.69 Å². The first-order valence-corrected chi connectivity index (χ1v) is 10.5. The number of carbonyl (C=O) groups is 1. The molecule has 0 atom stereocenters. The molecule has 2 saturated heterocycles. The SMILES string of the molecule is CC(C)(C)OC(=O)N1CCC(N2CC[P+](C)(O)CC2)CC1. The molecule has 2 heterocycles. The maximum absolute atomic E-state index is 12.0. The number of likely N-dealkylation sites (tertiary alicyclic amines) is 1. The quantitative estimate of drug-likeness (QED) is 0.754. The van der Waals surface area contributed by atoms with Gasteiger partial charge in [0.2, 0.25) is 0 Å². The molecule has 0 aromatic carbocycles. The molecule has 6 heteroatoms. The average molecular weight is 317 g/mol. The van der Waals surface area contributed by atoms with Gasteiger partial charge in [-0.25, -0.2) is 4.79 Å². The summed E-state index contributed by atoms with van der Waals surface area (Å²) >= 11 is 0.